The maximum Gasteiger partial charge on any atom is 0.424 e. The van der Waals surface area contributed by atoms with Crippen LogP contribution in [-0.4, -0.2) is 17.5 Å². The highest BCUT2D eigenvalue weighted by atomic mass is 79.9. The lowest BCUT2D eigenvalue weighted by atomic mass is 10.3. The third-order valence-corrected chi connectivity index (χ3v) is 6.20. The van der Waals surface area contributed by atoms with E-state index in [0.717, 1.165) is 0 Å². The molecular formula is C4Br2Cl5F3. The zero-order valence-electron chi connectivity index (χ0n) is 5.78. The fraction of sp³-hybridized carbons (Fsp3) is 1.00. The summed E-state index contributed by atoms with van der Waals surface area (Å²) in [4.78, 5) is 0. The highest BCUT2D eigenvalue weighted by Crippen LogP contribution is 2.62. The van der Waals surface area contributed by atoms with Crippen LogP contribution in [0.2, 0.25) is 0 Å². The van der Waals surface area contributed by atoms with E-state index in [-0.39, 0.29) is 0 Å². The fourth-order valence-corrected chi connectivity index (χ4v) is 2.14. The number of rotatable bonds is 2. The van der Waals surface area contributed by atoms with Gasteiger partial charge in [0.2, 0.25) is 4.33 Å². The van der Waals surface area contributed by atoms with Crippen molar-refractivity contribution in [3.05, 3.63) is 0 Å². The second kappa shape index (κ2) is 4.46. The van der Waals surface area contributed by atoms with Crippen molar-refractivity contribution in [3.63, 3.8) is 0 Å². The van der Waals surface area contributed by atoms with E-state index in [4.69, 9.17) is 58.0 Å². The Labute approximate surface area is 120 Å². The molecule has 14 heavy (non-hydrogen) atoms. The maximum absolute atomic E-state index is 12.3. The molecule has 0 bridgehead atoms. The highest BCUT2D eigenvalue weighted by Gasteiger charge is 2.71. The molecule has 10 heteroatoms. The summed E-state index contributed by atoms with van der Waals surface area (Å²) in [5.74, 6) is 0. The Hall–Kier alpha value is 2.20. The van der Waals surface area contributed by atoms with Gasteiger partial charge in [-0.3, -0.25) is 0 Å². The van der Waals surface area contributed by atoms with Crippen molar-refractivity contribution in [1.29, 1.82) is 0 Å². The van der Waals surface area contributed by atoms with Crippen molar-refractivity contribution in [1.82, 2.24) is 0 Å². The average Bonchev–Trinajstić information content (AvgIpc) is 1.81. The van der Waals surface area contributed by atoms with Crippen LogP contribution in [0.3, 0.4) is 0 Å². The topological polar surface area (TPSA) is 0 Å². The van der Waals surface area contributed by atoms with Crippen LogP contribution in [0.1, 0.15) is 0 Å². The van der Waals surface area contributed by atoms with E-state index in [1.54, 1.807) is 0 Å². The standard InChI is InChI=1S/C4Br2Cl5F3/c5-3(6,11)1(7,8)2(9,10)4(12,13)14. The minimum absolute atomic E-state index is 2.02. The molecule has 0 unspecified atom stereocenters. The molecule has 0 aliphatic heterocycles. The molecule has 0 radical (unpaired) electrons. The predicted molar refractivity (Wildman–Crippen MR) is 61.4 cm³/mol. The molecule has 0 rings (SSSR count). The first-order valence-electron chi connectivity index (χ1n) is 2.64. The Morgan fingerprint density at radius 1 is 0.714 bits per heavy atom. The summed E-state index contributed by atoms with van der Waals surface area (Å²) in [6.07, 6.45) is -5.04. The van der Waals surface area contributed by atoms with E-state index in [0.29, 0.717) is 0 Å². The second-order valence-corrected chi connectivity index (χ2v) is 9.72. The second-order valence-electron chi connectivity index (χ2n) is 2.14. The molecule has 0 amide bonds. The van der Waals surface area contributed by atoms with Gasteiger partial charge in [0, 0.05) is 0 Å². The van der Waals surface area contributed by atoms with Crippen LogP contribution in [0.5, 0.6) is 0 Å². The normalized spacial score (nSPS) is 15.9. The summed E-state index contributed by atoms with van der Waals surface area (Å²) in [6, 6.07) is 0. The molecule has 0 spiro atoms. The Balaban J connectivity index is 5.30. The van der Waals surface area contributed by atoms with E-state index < -0.39 is 17.5 Å². The van der Waals surface area contributed by atoms with Gasteiger partial charge in [-0.2, -0.15) is 13.2 Å². The van der Waals surface area contributed by atoms with Gasteiger partial charge in [0.25, 0.3) is 0 Å². The minimum Gasteiger partial charge on any atom is -0.168 e. The monoisotopic (exact) mass is 438 g/mol. The lowest BCUT2D eigenvalue weighted by molar-refractivity contribution is -0.143. The quantitative estimate of drug-likeness (QED) is 0.491. The zero-order valence-corrected chi connectivity index (χ0v) is 12.7. The van der Waals surface area contributed by atoms with Crippen molar-refractivity contribution >= 4 is 89.9 Å². The lowest BCUT2D eigenvalue weighted by Gasteiger charge is -2.38. The highest BCUT2D eigenvalue weighted by molar-refractivity contribution is 9.26. The number of hydrogen-bond donors (Lipinski definition) is 0. The van der Waals surface area contributed by atoms with Crippen molar-refractivity contribution in [2.24, 2.45) is 0 Å². The van der Waals surface area contributed by atoms with Gasteiger partial charge in [0.1, 0.15) is 0 Å². The van der Waals surface area contributed by atoms with E-state index in [1.807, 2.05) is 0 Å². The molecule has 0 saturated heterocycles. The molecule has 0 N–H and O–H groups in total. The van der Waals surface area contributed by atoms with Gasteiger partial charge in [-0.05, 0) is 0 Å². The molecule has 0 aromatic heterocycles. The van der Waals surface area contributed by atoms with Gasteiger partial charge in [0.15, 0.2) is 7.03 Å². The maximum atomic E-state index is 12.3. The van der Waals surface area contributed by atoms with E-state index >= 15 is 0 Å². The Morgan fingerprint density at radius 2 is 1.00 bits per heavy atom. The van der Waals surface area contributed by atoms with Crippen LogP contribution in [-0.2, 0) is 0 Å². The predicted octanol–water partition coefficient (Wildman–Crippen LogP) is 5.58. The van der Waals surface area contributed by atoms with Crippen LogP contribution in [0, 0.1) is 0 Å². The van der Waals surface area contributed by atoms with Crippen LogP contribution in [0.15, 0.2) is 0 Å². The molecule has 0 saturated carbocycles. The summed E-state index contributed by atoms with van der Waals surface area (Å²) >= 11 is 31.3. The smallest absolute Gasteiger partial charge is 0.168 e. The van der Waals surface area contributed by atoms with Crippen molar-refractivity contribution in [3.8, 4) is 0 Å². The fourth-order valence-electron chi connectivity index (χ4n) is 0.356. The van der Waals surface area contributed by atoms with Crippen LogP contribution >= 0.6 is 89.9 Å². The van der Waals surface area contributed by atoms with E-state index in [1.165, 1.54) is 0 Å². The van der Waals surface area contributed by atoms with Gasteiger partial charge in [-0.1, -0.05) is 89.9 Å². The Morgan fingerprint density at radius 3 is 1.07 bits per heavy atom. The Kier molecular flexibility index (Phi) is 5.17. The first-order chi connectivity index (χ1) is 5.75. The van der Waals surface area contributed by atoms with E-state index in [2.05, 4.69) is 31.9 Å². The Bertz CT molecular complexity index is 196. The van der Waals surface area contributed by atoms with Crippen molar-refractivity contribution in [2.75, 3.05) is 0 Å². The molecule has 0 aromatic rings. The van der Waals surface area contributed by atoms with Crippen LogP contribution < -0.4 is 0 Å². The summed E-state index contributed by atoms with van der Waals surface area (Å²) in [6.45, 7) is 0. The molecule has 0 atom stereocenters. The SMILES string of the molecule is FC(F)(F)C(Cl)(Cl)C(Cl)(Cl)C(Cl)(Br)Br. The molecule has 86 valence electrons. The number of halogens is 10. The largest absolute Gasteiger partial charge is 0.424 e. The molecule has 0 aliphatic rings. The molecule has 0 aliphatic carbocycles. The number of hydrogen-bond acceptors (Lipinski definition) is 0. The molecule has 0 aromatic carbocycles. The van der Waals surface area contributed by atoms with Crippen LogP contribution in [0.25, 0.3) is 0 Å². The van der Waals surface area contributed by atoms with E-state index in [9.17, 15) is 13.2 Å². The van der Waals surface area contributed by atoms with Gasteiger partial charge in [0.05, 0.1) is 0 Å². The van der Waals surface area contributed by atoms with Crippen LogP contribution in [0.4, 0.5) is 13.2 Å². The van der Waals surface area contributed by atoms with Gasteiger partial charge >= 0.3 is 6.18 Å². The summed E-state index contributed by atoms with van der Waals surface area (Å²) in [5.41, 5.74) is 0. The first-order valence-corrected chi connectivity index (χ1v) is 6.12. The first kappa shape index (κ1) is 16.2. The lowest BCUT2D eigenvalue weighted by Crippen LogP contribution is -2.54. The minimum atomic E-state index is -5.04. The van der Waals surface area contributed by atoms with Gasteiger partial charge in [-0.15, -0.1) is 0 Å². The van der Waals surface area contributed by atoms with Gasteiger partial charge < -0.3 is 0 Å². The average molecular weight is 442 g/mol. The molecule has 0 nitrogen and oxygen atoms in total. The molecule has 0 fully saturated rings. The summed E-state index contributed by atoms with van der Waals surface area (Å²) in [5, 5.41) is 0. The molecular weight excluding hydrogens is 442 g/mol. The molecule has 0 heterocycles. The zero-order chi connectivity index (χ0) is 12.0. The van der Waals surface area contributed by atoms with Crippen molar-refractivity contribution < 1.29 is 13.2 Å². The van der Waals surface area contributed by atoms with Gasteiger partial charge in [-0.25, -0.2) is 0 Å². The van der Waals surface area contributed by atoms with Crippen molar-refractivity contribution in [2.45, 2.75) is 17.5 Å². The summed E-state index contributed by atoms with van der Waals surface area (Å²) in [7, 11) is 0. The summed E-state index contributed by atoms with van der Waals surface area (Å²) < 4.78 is 28.8. The third kappa shape index (κ3) is 2.90. The third-order valence-electron chi connectivity index (χ3n) is 1.11. The number of alkyl halides is 10.